The third kappa shape index (κ3) is 4.50. The number of aromatic nitrogens is 3. The summed E-state index contributed by atoms with van der Waals surface area (Å²) in [5, 5.41) is 16.9. The van der Waals surface area contributed by atoms with Gasteiger partial charge in [-0.05, 0) is 24.3 Å². The van der Waals surface area contributed by atoms with Gasteiger partial charge in [-0.25, -0.2) is 4.98 Å². The maximum atomic E-state index is 8.56. The van der Waals surface area contributed by atoms with Crippen LogP contribution in [-0.2, 0) is 4.74 Å². The minimum atomic E-state index is 0.0477. The highest BCUT2D eigenvalue weighted by Crippen LogP contribution is 2.20. The van der Waals surface area contributed by atoms with E-state index in [1.54, 1.807) is 0 Å². The average molecular weight is 300 g/mol. The fraction of sp³-hybridized carbons (Fsp3) is 0.333. The second-order valence-corrected chi connectivity index (χ2v) is 5.16. The van der Waals surface area contributed by atoms with Crippen molar-refractivity contribution in [2.24, 2.45) is 0 Å². The van der Waals surface area contributed by atoms with Gasteiger partial charge in [0.15, 0.2) is 5.82 Å². The Kier molecular flexibility index (Phi) is 5.65. The molecule has 0 unspecified atom stereocenters. The molecule has 0 atom stereocenters. The van der Waals surface area contributed by atoms with Gasteiger partial charge in [-0.1, -0.05) is 23.4 Å². The second-order valence-electron chi connectivity index (χ2n) is 3.66. The van der Waals surface area contributed by atoms with Crippen molar-refractivity contribution in [3.05, 3.63) is 29.3 Å². The lowest BCUT2D eigenvalue weighted by Gasteiger charge is -1.99. The molecule has 19 heavy (non-hydrogen) atoms. The van der Waals surface area contributed by atoms with Gasteiger partial charge in [-0.3, -0.25) is 5.10 Å². The SMILES string of the molecule is OCCOCCSc1n[nH]c(-c2ccc(Cl)cc2)n1. The number of aliphatic hydroxyl groups is 1. The molecule has 0 saturated carbocycles. The summed E-state index contributed by atoms with van der Waals surface area (Å²) in [6.07, 6.45) is 0. The Bertz CT molecular complexity index is 504. The van der Waals surface area contributed by atoms with E-state index in [9.17, 15) is 0 Å². The van der Waals surface area contributed by atoms with E-state index in [4.69, 9.17) is 21.4 Å². The third-order valence-electron chi connectivity index (χ3n) is 2.28. The van der Waals surface area contributed by atoms with Gasteiger partial charge in [0.2, 0.25) is 5.16 Å². The van der Waals surface area contributed by atoms with E-state index >= 15 is 0 Å². The van der Waals surface area contributed by atoms with E-state index in [0.29, 0.717) is 23.4 Å². The summed E-state index contributed by atoms with van der Waals surface area (Å²) in [7, 11) is 0. The summed E-state index contributed by atoms with van der Waals surface area (Å²) in [5.74, 6) is 1.47. The number of benzene rings is 1. The molecule has 0 aliphatic heterocycles. The highest BCUT2D eigenvalue weighted by Gasteiger charge is 2.05. The predicted molar refractivity (Wildman–Crippen MR) is 75.5 cm³/mol. The van der Waals surface area contributed by atoms with Gasteiger partial charge in [0.25, 0.3) is 0 Å². The number of hydrogen-bond acceptors (Lipinski definition) is 5. The highest BCUT2D eigenvalue weighted by atomic mass is 35.5. The maximum absolute atomic E-state index is 8.56. The molecule has 1 aromatic heterocycles. The summed E-state index contributed by atoms with van der Waals surface area (Å²) < 4.78 is 5.16. The lowest BCUT2D eigenvalue weighted by atomic mass is 10.2. The number of hydrogen-bond donors (Lipinski definition) is 2. The van der Waals surface area contributed by atoms with E-state index in [0.717, 1.165) is 17.1 Å². The molecule has 2 N–H and O–H groups in total. The second kappa shape index (κ2) is 7.49. The van der Waals surface area contributed by atoms with E-state index in [2.05, 4.69) is 15.2 Å². The number of rotatable bonds is 7. The van der Waals surface area contributed by atoms with Gasteiger partial charge in [-0.2, -0.15) is 0 Å². The van der Waals surface area contributed by atoms with Crippen LogP contribution < -0.4 is 0 Å². The van der Waals surface area contributed by atoms with Crippen LogP contribution >= 0.6 is 23.4 Å². The molecule has 0 radical (unpaired) electrons. The van der Waals surface area contributed by atoms with Gasteiger partial charge in [0, 0.05) is 16.3 Å². The van der Waals surface area contributed by atoms with Crippen LogP contribution in [0.3, 0.4) is 0 Å². The van der Waals surface area contributed by atoms with E-state index < -0.39 is 0 Å². The molecule has 0 aliphatic rings. The van der Waals surface area contributed by atoms with Crippen molar-refractivity contribution < 1.29 is 9.84 Å². The Labute approximate surface area is 120 Å². The molecule has 0 aliphatic carbocycles. The van der Waals surface area contributed by atoms with Crippen LogP contribution in [0.1, 0.15) is 0 Å². The molecule has 0 saturated heterocycles. The number of nitrogens with one attached hydrogen (secondary N) is 1. The van der Waals surface area contributed by atoms with Crippen LogP contribution in [0.2, 0.25) is 5.02 Å². The molecule has 5 nitrogen and oxygen atoms in total. The molecule has 102 valence electrons. The normalized spacial score (nSPS) is 10.8. The topological polar surface area (TPSA) is 71.0 Å². The average Bonchev–Trinajstić information content (AvgIpc) is 2.88. The monoisotopic (exact) mass is 299 g/mol. The van der Waals surface area contributed by atoms with Crippen molar-refractivity contribution in [3.63, 3.8) is 0 Å². The summed E-state index contributed by atoms with van der Waals surface area (Å²) in [5.41, 5.74) is 0.945. The quantitative estimate of drug-likeness (QED) is 0.606. The number of nitrogens with zero attached hydrogens (tertiary/aromatic N) is 2. The molecular formula is C12H14ClN3O2S. The first-order valence-corrected chi connectivity index (χ1v) is 7.15. The molecular weight excluding hydrogens is 286 g/mol. The van der Waals surface area contributed by atoms with E-state index in [-0.39, 0.29) is 6.61 Å². The van der Waals surface area contributed by atoms with Gasteiger partial charge in [0.05, 0.1) is 19.8 Å². The molecule has 0 spiro atoms. The zero-order chi connectivity index (χ0) is 13.5. The smallest absolute Gasteiger partial charge is 0.208 e. The van der Waals surface area contributed by atoms with Crippen LogP contribution in [0, 0.1) is 0 Å². The minimum Gasteiger partial charge on any atom is -0.394 e. The fourth-order valence-corrected chi connectivity index (χ4v) is 2.18. The number of ether oxygens (including phenoxy) is 1. The summed E-state index contributed by atoms with van der Waals surface area (Å²) >= 11 is 7.34. The fourth-order valence-electron chi connectivity index (χ4n) is 1.41. The van der Waals surface area contributed by atoms with Crippen LogP contribution in [0.25, 0.3) is 11.4 Å². The largest absolute Gasteiger partial charge is 0.394 e. The molecule has 2 rings (SSSR count). The third-order valence-corrected chi connectivity index (χ3v) is 3.34. The zero-order valence-electron chi connectivity index (χ0n) is 10.2. The van der Waals surface area contributed by atoms with Crippen molar-refractivity contribution in [3.8, 4) is 11.4 Å². The van der Waals surface area contributed by atoms with Crippen LogP contribution in [0.15, 0.2) is 29.4 Å². The van der Waals surface area contributed by atoms with Crippen LogP contribution in [0.5, 0.6) is 0 Å². The van der Waals surface area contributed by atoms with Gasteiger partial charge < -0.3 is 9.84 Å². The minimum absolute atomic E-state index is 0.0477. The Hall–Kier alpha value is -1.08. The molecule has 1 heterocycles. The molecule has 0 bridgehead atoms. The Morgan fingerprint density at radius 2 is 2.05 bits per heavy atom. The van der Waals surface area contributed by atoms with Crippen molar-refractivity contribution in [1.29, 1.82) is 0 Å². The highest BCUT2D eigenvalue weighted by molar-refractivity contribution is 7.99. The van der Waals surface area contributed by atoms with Gasteiger partial charge in [-0.15, -0.1) is 5.10 Å². The Balaban J connectivity index is 1.86. The van der Waals surface area contributed by atoms with Gasteiger partial charge in [0.1, 0.15) is 0 Å². The van der Waals surface area contributed by atoms with Crippen LogP contribution in [-0.4, -0.2) is 45.9 Å². The van der Waals surface area contributed by atoms with E-state index in [1.165, 1.54) is 11.8 Å². The first kappa shape index (κ1) is 14.3. The number of halogens is 1. The number of aliphatic hydroxyl groups excluding tert-OH is 1. The summed E-state index contributed by atoms with van der Waals surface area (Å²) in [4.78, 5) is 4.38. The Morgan fingerprint density at radius 3 is 2.79 bits per heavy atom. The van der Waals surface area contributed by atoms with Gasteiger partial charge >= 0.3 is 0 Å². The zero-order valence-corrected chi connectivity index (χ0v) is 11.7. The van der Waals surface area contributed by atoms with Crippen molar-refractivity contribution in [1.82, 2.24) is 15.2 Å². The number of thioether (sulfide) groups is 1. The van der Waals surface area contributed by atoms with Crippen LogP contribution in [0.4, 0.5) is 0 Å². The molecule has 2 aromatic rings. The number of H-pyrrole nitrogens is 1. The first-order valence-electron chi connectivity index (χ1n) is 5.79. The summed E-state index contributed by atoms with van der Waals surface area (Å²) in [6.45, 7) is 0.979. The maximum Gasteiger partial charge on any atom is 0.208 e. The van der Waals surface area contributed by atoms with Crippen molar-refractivity contribution in [2.45, 2.75) is 5.16 Å². The lowest BCUT2D eigenvalue weighted by Crippen LogP contribution is -2.02. The molecule has 1 aromatic carbocycles. The molecule has 0 fully saturated rings. The van der Waals surface area contributed by atoms with E-state index in [1.807, 2.05) is 24.3 Å². The standard InChI is InChI=1S/C12H14ClN3O2S/c13-10-3-1-9(2-4-10)11-14-12(16-15-11)19-8-7-18-6-5-17/h1-4,17H,5-8H2,(H,14,15,16). The lowest BCUT2D eigenvalue weighted by molar-refractivity contribution is 0.103. The van der Waals surface area contributed by atoms with Crippen molar-refractivity contribution in [2.75, 3.05) is 25.6 Å². The Morgan fingerprint density at radius 1 is 1.26 bits per heavy atom. The predicted octanol–water partition coefficient (Wildman–Crippen LogP) is 2.23. The van der Waals surface area contributed by atoms with Crippen molar-refractivity contribution >= 4 is 23.4 Å². The number of aromatic amines is 1. The molecule has 0 amide bonds. The first-order chi connectivity index (χ1) is 9.29. The summed E-state index contributed by atoms with van der Waals surface area (Å²) in [6, 6.07) is 7.41. The molecule has 7 heteroatoms.